The molecule has 0 amide bonds. The molecular formula is C13H17NO5S. The predicted octanol–water partition coefficient (Wildman–Crippen LogP) is 1.48. The molecule has 1 aromatic rings. The van der Waals surface area contributed by atoms with Gasteiger partial charge < -0.3 is 9.84 Å². The summed E-state index contributed by atoms with van der Waals surface area (Å²) < 4.78 is 30.6. The second-order valence-electron chi connectivity index (χ2n) is 4.16. The van der Waals surface area contributed by atoms with Crippen molar-refractivity contribution >= 4 is 27.8 Å². The molecule has 0 bridgehead atoms. The molecular weight excluding hydrogens is 282 g/mol. The molecule has 2 N–H and O–H groups in total. The van der Waals surface area contributed by atoms with Gasteiger partial charge in [0.2, 0.25) is 10.0 Å². The Bertz CT molecular complexity index is 607. The Hall–Kier alpha value is -1.86. The van der Waals surface area contributed by atoms with Crippen LogP contribution in [0.15, 0.2) is 24.3 Å². The minimum absolute atomic E-state index is 0.104. The third kappa shape index (κ3) is 5.41. The van der Waals surface area contributed by atoms with Gasteiger partial charge in [-0.2, -0.15) is 0 Å². The molecule has 6 nitrogen and oxygen atoms in total. The molecule has 0 unspecified atom stereocenters. The van der Waals surface area contributed by atoms with Gasteiger partial charge in [-0.25, -0.2) is 13.2 Å². The van der Waals surface area contributed by atoms with Crippen LogP contribution in [0, 0.1) is 6.92 Å². The Morgan fingerprint density at radius 1 is 1.45 bits per heavy atom. The monoisotopic (exact) mass is 299 g/mol. The quantitative estimate of drug-likeness (QED) is 0.744. The van der Waals surface area contributed by atoms with E-state index in [0.717, 1.165) is 11.6 Å². The smallest absolute Gasteiger partial charge is 0.328 e. The Morgan fingerprint density at radius 3 is 2.75 bits per heavy atom. The number of ether oxygens (including phenoxy) is 1. The second-order valence-corrected chi connectivity index (χ2v) is 6.00. The zero-order valence-corrected chi connectivity index (χ0v) is 12.1. The van der Waals surface area contributed by atoms with Gasteiger partial charge >= 0.3 is 5.97 Å². The first-order valence-corrected chi connectivity index (χ1v) is 7.50. The summed E-state index contributed by atoms with van der Waals surface area (Å²) in [5.74, 6) is -1.20. The van der Waals surface area contributed by atoms with Crippen molar-refractivity contribution in [3.05, 3.63) is 35.4 Å². The lowest BCUT2D eigenvalue weighted by Gasteiger charge is -2.09. The van der Waals surface area contributed by atoms with Gasteiger partial charge in [0.05, 0.1) is 12.4 Å². The van der Waals surface area contributed by atoms with Gasteiger partial charge in [0, 0.05) is 18.9 Å². The van der Waals surface area contributed by atoms with E-state index >= 15 is 0 Å². The number of methoxy groups -OCH3 is 1. The van der Waals surface area contributed by atoms with Crippen molar-refractivity contribution < 1.29 is 23.1 Å². The summed E-state index contributed by atoms with van der Waals surface area (Å²) in [7, 11) is -2.05. The van der Waals surface area contributed by atoms with Crippen LogP contribution in [0.2, 0.25) is 0 Å². The van der Waals surface area contributed by atoms with Crippen molar-refractivity contribution in [2.24, 2.45) is 0 Å². The SMILES string of the molecule is COCCS(=O)(=O)Nc1ccc(C)c(C=CC(=O)O)c1. The number of anilines is 1. The lowest BCUT2D eigenvalue weighted by Crippen LogP contribution is -2.19. The topological polar surface area (TPSA) is 92.7 Å². The standard InChI is InChI=1S/C13H17NO5S/c1-10-3-5-12(9-11(10)4-6-13(15)16)14-20(17,18)8-7-19-2/h3-6,9,14H,7-8H2,1-2H3,(H,15,16). The van der Waals surface area contributed by atoms with Gasteiger partial charge in [-0.3, -0.25) is 4.72 Å². The summed E-state index contributed by atoms with van der Waals surface area (Å²) in [5, 5.41) is 8.61. The Labute approximate surface area is 118 Å². The summed E-state index contributed by atoms with van der Waals surface area (Å²) in [5.41, 5.74) is 1.87. The first-order chi connectivity index (χ1) is 9.34. The zero-order chi connectivity index (χ0) is 15.2. The highest BCUT2D eigenvalue weighted by Crippen LogP contribution is 2.18. The number of aryl methyl sites for hydroxylation is 1. The summed E-state index contributed by atoms with van der Waals surface area (Å²) >= 11 is 0. The van der Waals surface area contributed by atoms with E-state index in [2.05, 4.69) is 4.72 Å². The second kappa shape index (κ2) is 7.06. The van der Waals surface area contributed by atoms with Gasteiger partial charge in [0.1, 0.15) is 0 Å². The van der Waals surface area contributed by atoms with Crippen LogP contribution in [0.25, 0.3) is 6.08 Å². The molecule has 0 aromatic heterocycles. The van der Waals surface area contributed by atoms with Crippen LogP contribution in [-0.2, 0) is 19.6 Å². The third-order valence-corrected chi connectivity index (χ3v) is 3.77. The van der Waals surface area contributed by atoms with E-state index in [0.29, 0.717) is 11.3 Å². The molecule has 0 saturated heterocycles. The molecule has 0 radical (unpaired) electrons. The van der Waals surface area contributed by atoms with Crippen LogP contribution in [0.4, 0.5) is 5.69 Å². The molecule has 1 aromatic carbocycles. The number of aliphatic carboxylic acids is 1. The van der Waals surface area contributed by atoms with E-state index in [1.807, 2.05) is 6.92 Å². The van der Waals surface area contributed by atoms with Crippen LogP contribution in [0.5, 0.6) is 0 Å². The van der Waals surface area contributed by atoms with E-state index in [4.69, 9.17) is 9.84 Å². The molecule has 1 rings (SSSR count). The van der Waals surface area contributed by atoms with Crippen LogP contribution in [0.3, 0.4) is 0 Å². The molecule has 110 valence electrons. The van der Waals surface area contributed by atoms with E-state index in [1.54, 1.807) is 18.2 Å². The summed E-state index contributed by atoms with van der Waals surface area (Å²) in [4.78, 5) is 10.5. The van der Waals surface area contributed by atoms with E-state index < -0.39 is 16.0 Å². The molecule has 20 heavy (non-hydrogen) atoms. The Kier molecular flexibility index (Phi) is 5.72. The molecule has 0 aliphatic heterocycles. The summed E-state index contributed by atoms with van der Waals surface area (Å²) in [6.07, 6.45) is 2.43. The van der Waals surface area contributed by atoms with Crippen molar-refractivity contribution in [3.63, 3.8) is 0 Å². The van der Waals surface area contributed by atoms with E-state index in [-0.39, 0.29) is 12.4 Å². The average molecular weight is 299 g/mol. The third-order valence-electron chi connectivity index (χ3n) is 2.51. The molecule has 0 fully saturated rings. The maximum Gasteiger partial charge on any atom is 0.328 e. The number of benzene rings is 1. The number of rotatable bonds is 7. The van der Waals surface area contributed by atoms with Crippen molar-refractivity contribution in [3.8, 4) is 0 Å². The van der Waals surface area contributed by atoms with Gasteiger partial charge in [-0.1, -0.05) is 6.07 Å². The molecule has 0 saturated carbocycles. The zero-order valence-electron chi connectivity index (χ0n) is 11.3. The van der Waals surface area contributed by atoms with E-state index in [9.17, 15) is 13.2 Å². The summed E-state index contributed by atoms with van der Waals surface area (Å²) in [6, 6.07) is 4.92. The largest absolute Gasteiger partial charge is 0.478 e. The molecule has 7 heteroatoms. The lowest BCUT2D eigenvalue weighted by atomic mass is 10.1. The van der Waals surface area contributed by atoms with Crippen LogP contribution >= 0.6 is 0 Å². The number of carbonyl (C=O) groups is 1. The number of hydrogen-bond acceptors (Lipinski definition) is 4. The first-order valence-electron chi connectivity index (χ1n) is 5.85. The predicted molar refractivity (Wildman–Crippen MR) is 77.1 cm³/mol. The molecule has 0 aliphatic carbocycles. The van der Waals surface area contributed by atoms with Gasteiger partial charge in [-0.05, 0) is 36.3 Å². The maximum atomic E-state index is 11.7. The minimum Gasteiger partial charge on any atom is -0.478 e. The van der Waals surface area contributed by atoms with Gasteiger partial charge in [0.15, 0.2) is 0 Å². The fourth-order valence-electron chi connectivity index (χ4n) is 1.47. The van der Waals surface area contributed by atoms with Crippen LogP contribution in [0.1, 0.15) is 11.1 Å². The van der Waals surface area contributed by atoms with Crippen molar-refractivity contribution in [1.29, 1.82) is 0 Å². The minimum atomic E-state index is -3.47. The van der Waals surface area contributed by atoms with E-state index in [1.165, 1.54) is 13.2 Å². The number of nitrogens with one attached hydrogen (secondary N) is 1. The normalized spacial score (nSPS) is 11.7. The summed E-state index contributed by atoms with van der Waals surface area (Å²) in [6.45, 7) is 1.91. The molecule has 0 spiro atoms. The number of hydrogen-bond donors (Lipinski definition) is 2. The van der Waals surface area contributed by atoms with Crippen LogP contribution in [-0.4, -0.2) is 39.0 Å². The van der Waals surface area contributed by atoms with Crippen molar-refractivity contribution in [2.75, 3.05) is 24.2 Å². The fourth-order valence-corrected chi connectivity index (χ4v) is 2.44. The number of sulfonamides is 1. The average Bonchev–Trinajstić information content (AvgIpc) is 2.36. The van der Waals surface area contributed by atoms with Gasteiger partial charge in [-0.15, -0.1) is 0 Å². The highest BCUT2D eigenvalue weighted by atomic mass is 32.2. The van der Waals surface area contributed by atoms with Crippen LogP contribution < -0.4 is 4.72 Å². The Morgan fingerprint density at radius 2 is 2.15 bits per heavy atom. The number of carboxylic acid groups (broad SMARTS) is 1. The molecule has 0 heterocycles. The number of carboxylic acids is 1. The Balaban J connectivity index is 2.93. The molecule has 0 aliphatic rings. The maximum absolute atomic E-state index is 11.7. The van der Waals surface area contributed by atoms with Crippen molar-refractivity contribution in [2.45, 2.75) is 6.92 Å². The first kappa shape index (κ1) is 16.2. The van der Waals surface area contributed by atoms with Gasteiger partial charge in [0.25, 0.3) is 0 Å². The fraction of sp³-hybridized carbons (Fsp3) is 0.308. The molecule has 0 atom stereocenters. The lowest BCUT2D eigenvalue weighted by molar-refractivity contribution is -0.131. The highest BCUT2D eigenvalue weighted by molar-refractivity contribution is 7.92. The van der Waals surface area contributed by atoms with Crippen molar-refractivity contribution in [1.82, 2.24) is 0 Å². The highest BCUT2D eigenvalue weighted by Gasteiger charge is 2.10.